The lowest BCUT2D eigenvalue weighted by atomic mass is 10.4. The number of aryl methyl sites for hydroxylation is 1. The number of aromatic nitrogens is 2. The molecule has 1 aromatic heterocycles. The van der Waals surface area contributed by atoms with Crippen LogP contribution in [0.15, 0.2) is 12.3 Å². The molecule has 0 fully saturated rings. The van der Waals surface area contributed by atoms with Gasteiger partial charge in [-0.3, -0.25) is 0 Å². The summed E-state index contributed by atoms with van der Waals surface area (Å²) in [5, 5.41) is 0. The van der Waals surface area contributed by atoms with Gasteiger partial charge < -0.3 is 0 Å². The Hall–Kier alpha value is -0.920. The van der Waals surface area contributed by atoms with Crippen LogP contribution in [0.2, 0.25) is 0 Å². The van der Waals surface area contributed by atoms with Crippen LogP contribution in [0.5, 0.6) is 0 Å². The van der Waals surface area contributed by atoms with Crippen molar-refractivity contribution in [2.24, 2.45) is 0 Å². The lowest BCUT2D eigenvalue weighted by Gasteiger charge is -1.88. The molecule has 1 rings (SSSR count). The van der Waals surface area contributed by atoms with E-state index in [1.807, 2.05) is 0 Å². The molecule has 0 saturated carbocycles. The molecule has 0 bridgehead atoms. The molecule has 0 atom stereocenters. The predicted molar refractivity (Wildman–Crippen MR) is 30.2 cm³/mol. The fourth-order valence-corrected chi connectivity index (χ4v) is 0.474. The Balaban J connectivity index is 3.08. The molecule has 0 aliphatic heterocycles. The van der Waals surface area contributed by atoms with Crippen LogP contribution in [0.3, 0.4) is 0 Å². The molecule has 1 aromatic rings. The van der Waals surface area contributed by atoms with Crippen LogP contribution in [-0.2, 0) is 0 Å². The molecule has 0 N–H and O–H groups in total. The largest absolute Gasteiger partial charge is 0.242 e. The van der Waals surface area contributed by atoms with E-state index in [1.165, 1.54) is 0 Å². The second kappa shape index (κ2) is 1.90. The van der Waals surface area contributed by atoms with Crippen LogP contribution in [0, 0.1) is 13.8 Å². The van der Waals surface area contributed by atoms with E-state index in [0.29, 0.717) is 11.5 Å². The molecule has 2 radical (unpaired) electrons. The van der Waals surface area contributed by atoms with Gasteiger partial charge in [-0.1, -0.05) is 0 Å². The van der Waals surface area contributed by atoms with E-state index in [1.54, 1.807) is 19.2 Å². The van der Waals surface area contributed by atoms with Gasteiger partial charge in [0.25, 0.3) is 0 Å². The number of hydrogen-bond donors (Lipinski definition) is 0. The SMILES string of the molecule is [CH]c1ccnc(C)n1. The second-order valence-electron chi connectivity index (χ2n) is 1.53. The average molecular weight is 106 g/mol. The van der Waals surface area contributed by atoms with E-state index >= 15 is 0 Å². The highest BCUT2D eigenvalue weighted by molar-refractivity contribution is 5.03. The Morgan fingerprint density at radius 3 is 2.75 bits per heavy atom. The maximum absolute atomic E-state index is 5.31. The molecule has 0 amide bonds. The van der Waals surface area contributed by atoms with Crippen molar-refractivity contribution in [1.82, 2.24) is 9.97 Å². The van der Waals surface area contributed by atoms with Crippen molar-refractivity contribution in [3.05, 3.63) is 30.7 Å². The molecule has 0 spiro atoms. The number of nitrogens with zero attached hydrogens (tertiary/aromatic N) is 2. The normalized spacial score (nSPS) is 9.25. The summed E-state index contributed by atoms with van der Waals surface area (Å²) in [6.45, 7) is 7.11. The molecule has 1 heterocycles. The standard InChI is InChI=1S/C6H6N2/c1-5-3-4-7-6(2)8-5/h1,3-4H,2H3. The molecule has 8 heavy (non-hydrogen) atoms. The van der Waals surface area contributed by atoms with E-state index in [0.717, 1.165) is 0 Å². The predicted octanol–water partition coefficient (Wildman–Crippen LogP) is 0.844. The van der Waals surface area contributed by atoms with Gasteiger partial charge in [0, 0.05) is 18.8 Å². The van der Waals surface area contributed by atoms with Crippen molar-refractivity contribution in [3.8, 4) is 0 Å². The van der Waals surface area contributed by atoms with Crippen molar-refractivity contribution in [2.45, 2.75) is 6.92 Å². The van der Waals surface area contributed by atoms with Crippen molar-refractivity contribution >= 4 is 0 Å². The Labute approximate surface area is 48.6 Å². The average Bonchev–Trinajstić information content (AvgIpc) is 1.64. The highest BCUT2D eigenvalue weighted by Crippen LogP contribution is 1.88. The first-order chi connectivity index (χ1) is 3.79. The molecule has 0 aliphatic rings. The quantitative estimate of drug-likeness (QED) is 0.490. The third-order valence-corrected chi connectivity index (χ3v) is 0.798. The van der Waals surface area contributed by atoms with Crippen LogP contribution < -0.4 is 0 Å². The van der Waals surface area contributed by atoms with Crippen LogP contribution >= 0.6 is 0 Å². The summed E-state index contributed by atoms with van der Waals surface area (Å²) in [5.41, 5.74) is 0.525. The molecule has 2 heteroatoms. The monoisotopic (exact) mass is 106 g/mol. The summed E-state index contributed by atoms with van der Waals surface area (Å²) in [4.78, 5) is 7.69. The molecule has 0 unspecified atom stereocenters. The zero-order chi connectivity index (χ0) is 5.98. The smallest absolute Gasteiger partial charge is 0.125 e. The second-order valence-corrected chi connectivity index (χ2v) is 1.53. The van der Waals surface area contributed by atoms with Gasteiger partial charge in [0.1, 0.15) is 5.82 Å². The van der Waals surface area contributed by atoms with Crippen LogP contribution in [0.4, 0.5) is 0 Å². The Morgan fingerprint density at radius 1 is 1.62 bits per heavy atom. The summed E-state index contributed by atoms with van der Waals surface area (Å²) in [7, 11) is 0. The highest BCUT2D eigenvalue weighted by atomic mass is 14.9. The topological polar surface area (TPSA) is 25.8 Å². The fraction of sp³-hybridized carbons (Fsp3) is 0.167. The van der Waals surface area contributed by atoms with Crippen LogP contribution in [0.1, 0.15) is 11.5 Å². The first-order valence-corrected chi connectivity index (χ1v) is 2.34. The Kier molecular flexibility index (Phi) is 1.24. The van der Waals surface area contributed by atoms with Crippen molar-refractivity contribution < 1.29 is 0 Å². The molecular weight excluding hydrogens is 100 g/mol. The van der Waals surface area contributed by atoms with E-state index in [-0.39, 0.29) is 0 Å². The van der Waals surface area contributed by atoms with Gasteiger partial charge in [-0.25, -0.2) is 9.97 Å². The maximum atomic E-state index is 5.31. The summed E-state index contributed by atoms with van der Waals surface area (Å²) in [6.07, 6.45) is 1.64. The lowest BCUT2D eigenvalue weighted by Crippen LogP contribution is -1.86. The molecule has 40 valence electrons. The molecule has 0 aliphatic carbocycles. The third-order valence-electron chi connectivity index (χ3n) is 0.798. The van der Waals surface area contributed by atoms with E-state index in [2.05, 4.69) is 9.97 Å². The van der Waals surface area contributed by atoms with Crippen molar-refractivity contribution in [3.63, 3.8) is 0 Å². The summed E-state index contributed by atoms with van der Waals surface area (Å²) in [5.74, 6) is 0.713. The number of hydrogen-bond acceptors (Lipinski definition) is 2. The van der Waals surface area contributed by atoms with Crippen LogP contribution in [-0.4, -0.2) is 9.97 Å². The zero-order valence-electron chi connectivity index (χ0n) is 4.63. The molecule has 0 saturated heterocycles. The lowest BCUT2D eigenvalue weighted by molar-refractivity contribution is 1.03. The summed E-state index contributed by atoms with van der Waals surface area (Å²) >= 11 is 0. The minimum atomic E-state index is 0.525. The van der Waals surface area contributed by atoms with Crippen molar-refractivity contribution in [1.29, 1.82) is 0 Å². The highest BCUT2D eigenvalue weighted by Gasteiger charge is 1.83. The van der Waals surface area contributed by atoms with E-state index in [9.17, 15) is 0 Å². The molecule has 0 aromatic carbocycles. The van der Waals surface area contributed by atoms with Gasteiger partial charge in [-0.2, -0.15) is 0 Å². The molecular formula is C6H6N2. The first-order valence-electron chi connectivity index (χ1n) is 2.34. The zero-order valence-corrected chi connectivity index (χ0v) is 4.63. The van der Waals surface area contributed by atoms with E-state index < -0.39 is 0 Å². The fourth-order valence-electron chi connectivity index (χ4n) is 0.474. The molecule has 2 nitrogen and oxygen atoms in total. The Morgan fingerprint density at radius 2 is 2.38 bits per heavy atom. The minimum Gasteiger partial charge on any atom is -0.242 e. The van der Waals surface area contributed by atoms with Gasteiger partial charge in [-0.05, 0) is 13.0 Å². The van der Waals surface area contributed by atoms with Gasteiger partial charge >= 0.3 is 0 Å². The van der Waals surface area contributed by atoms with Gasteiger partial charge in [0.2, 0.25) is 0 Å². The minimum absolute atomic E-state index is 0.525. The van der Waals surface area contributed by atoms with Gasteiger partial charge in [0.15, 0.2) is 0 Å². The summed E-state index contributed by atoms with van der Waals surface area (Å²) in [6, 6.07) is 1.66. The van der Waals surface area contributed by atoms with Gasteiger partial charge in [-0.15, -0.1) is 0 Å². The van der Waals surface area contributed by atoms with E-state index in [4.69, 9.17) is 6.92 Å². The van der Waals surface area contributed by atoms with Gasteiger partial charge in [0.05, 0.1) is 0 Å². The third kappa shape index (κ3) is 1.03. The van der Waals surface area contributed by atoms with Crippen LogP contribution in [0.25, 0.3) is 0 Å². The number of rotatable bonds is 0. The maximum Gasteiger partial charge on any atom is 0.125 e. The first kappa shape index (κ1) is 5.22. The summed E-state index contributed by atoms with van der Waals surface area (Å²) < 4.78 is 0. The Bertz CT molecular complexity index is 166. The van der Waals surface area contributed by atoms with Crippen molar-refractivity contribution in [2.75, 3.05) is 0 Å².